The van der Waals surface area contributed by atoms with Crippen LogP contribution in [-0.4, -0.2) is 83.1 Å². The quantitative estimate of drug-likeness (QED) is 0.160. The number of ether oxygens (including phenoxy) is 3. The molecule has 5 rings (SSSR count). The van der Waals surface area contributed by atoms with Crippen molar-refractivity contribution < 1.29 is 33.7 Å². The maximum absolute atomic E-state index is 14.7. The first kappa shape index (κ1) is 33.5. The fraction of sp³-hybridized carbons (Fsp3) is 0.531. The predicted octanol–water partition coefficient (Wildman–Crippen LogP) is 2.55. The summed E-state index contributed by atoms with van der Waals surface area (Å²) < 4.78 is 20.1. The van der Waals surface area contributed by atoms with Crippen LogP contribution in [0.15, 0.2) is 47.5 Å². The number of aliphatic hydroxyl groups is 1. The highest BCUT2D eigenvalue weighted by Crippen LogP contribution is 2.59. The van der Waals surface area contributed by atoms with Gasteiger partial charge < -0.3 is 29.0 Å². The van der Waals surface area contributed by atoms with E-state index in [1.807, 2.05) is 32.2 Å². The van der Waals surface area contributed by atoms with E-state index in [4.69, 9.17) is 14.2 Å². The summed E-state index contributed by atoms with van der Waals surface area (Å²) in [5, 5.41) is 17.6. The summed E-state index contributed by atoms with van der Waals surface area (Å²) in [4.78, 5) is 52.9. The molecule has 3 aromatic rings. The van der Waals surface area contributed by atoms with Crippen LogP contribution >= 0.6 is 0 Å². The van der Waals surface area contributed by atoms with Crippen LogP contribution in [-0.2, 0) is 37.6 Å². The number of anilines is 1. The van der Waals surface area contributed by atoms with E-state index in [2.05, 4.69) is 10.3 Å². The summed E-state index contributed by atoms with van der Waals surface area (Å²) in [6.07, 6.45) is 5.21. The Bertz CT molecular complexity index is 1630. The van der Waals surface area contributed by atoms with Gasteiger partial charge in [0.15, 0.2) is 19.7 Å². The normalized spacial score (nSPS) is 22.5. The van der Waals surface area contributed by atoms with Crippen molar-refractivity contribution >= 4 is 25.9 Å². The third-order valence-electron chi connectivity index (χ3n) is 9.21. The third kappa shape index (κ3) is 6.13. The number of hydrogen-bond acceptors (Lipinski definition) is 10. The van der Waals surface area contributed by atoms with Crippen molar-refractivity contribution in [2.75, 3.05) is 32.3 Å². The molecule has 2 aliphatic heterocycles. The molecule has 46 heavy (non-hydrogen) atoms. The van der Waals surface area contributed by atoms with Crippen molar-refractivity contribution in [3.8, 4) is 11.4 Å². The molecule has 0 aliphatic carbocycles. The lowest BCUT2D eigenvalue weighted by Gasteiger charge is -2.32. The number of carbonyl (C=O) groups is 2. The summed E-state index contributed by atoms with van der Waals surface area (Å²) in [6.45, 7) is 6.50. The van der Waals surface area contributed by atoms with Crippen molar-refractivity contribution in [3.63, 3.8) is 0 Å². The third-order valence-corrected chi connectivity index (χ3v) is 11.7. The van der Waals surface area contributed by atoms with Gasteiger partial charge in [-0.05, 0) is 62.7 Å². The van der Waals surface area contributed by atoms with E-state index in [1.54, 1.807) is 40.2 Å². The smallest absolute Gasteiger partial charge is 0.305 e. The molecule has 1 aromatic carbocycles. The molecule has 1 fully saturated rings. The molecular formula is C32H43N5O8Si. The van der Waals surface area contributed by atoms with E-state index in [0.29, 0.717) is 61.4 Å². The number of rotatable bonds is 13. The van der Waals surface area contributed by atoms with Gasteiger partial charge in [0.05, 0.1) is 31.7 Å². The molecule has 14 heteroatoms. The summed E-state index contributed by atoms with van der Waals surface area (Å²) in [5.74, 6) is -0.731. The molecular weight excluding hydrogens is 610 g/mol. The topological polar surface area (TPSA) is 158 Å². The molecule has 13 nitrogen and oxygen atoms in total. The number of carbonyl (C=O) groups excluding carboxylic acids is 2. The van der Waals surface area contributed by atoms with E-state index in [-0.39, 0.29) is 41.8 Å². The van der Waals surface area contributed by atoms with Crippen LogP contribution in [0.3, 0.4) is 0 Å². The molecule has 1 saturated heterocycles. The minimum absolute atomic E-state index is 0.0264. The van der Waals surface area contributed by atoms with Crippen molar-refractivity contribution in [1.29, 1.82) is 0 Å². The van der Waals surface area contributed by atoms with E-state index in [9.17, 15) is 24.3 Å². The Balaban J connectivity index is 1.55. The highest BCUT2D eigenvalue weighted by atomic mass is 28.4. The second-order valence-corrected chi connectivity index (χ2v) is 16.5. The van der Waals surface area contributed by atoms with Crippen molar-refractivity contribution in [1.82, 2.24) is 19.6 Å². The second kappa shape index (κ2) is 13.5. The molecule has 0 radical (unpaired) electrons. The van der Waals surface area contributed by atoms with Crippen LogP contribution < -0.4 is 15.2 Å². The van der Waals surface area contributed by atoms with Gasteiger partial charge in [0, 0.05) is 67.6 Å². The van der Waals surface area contributed by atoms with Gasteiger partial charge >= 0.3 is 5.97 Å². The van der Waals surface area contributed by atoms with Crippen LogP contribution in [0.5, 0.6) is 5.75 Å². The molecule has 0 saturated carbocycles. The zero-order valence-electron chi connectivity index (χ0n) is 27.0. The highest BCUT2D eigenvalue weighted by Gasteiger charge is 2.66. The first-order valence-corrected chi connectivity index (χ1v) is 18.7. The van der Waals surface area contributed by atoms with Crippen LogP contribution in [0.4, 0.5) is 5.69 Å². The molecule has 2 N–H and O–H groups in total. The Kier molecular flexibility index (Phi) is 9.82. The van der Waals surface area contributed by atoms with Gasteiger partial charge in [0.25, 0.3) is 11.5 Å². The summed E-state index contributed by atoms with van der Waals surface area (Å²) in [7, 11) is -0.112. The van der Waals surface area contributed by atoms with Crippen molar-refractivity contribution in [3.05, 3.63) is 64.3 Å². The van der Waals surface area contributed by atoms with Gasteiger partial charge in [-0.25, -0.2) is 0 Å². The number of benzene rings is 1. The monoisotopic (exact) mass is 653 g/mol. The predicted molar refractivity (Wildman–Crippen MR) is 171 cm³/mol. The van der Waals surface area contributed by atoms with Gasteiger partial charge in [-0.3, -0.25) is 23.6 Å². The van der Waals surface area contributed by atoms with Crippen LogP contribution in [0.1, 0.15) is 43.9 Å². The van der Waals surface area contributed by atoms with Crippen LogP contribution in [0.25, 0.3) is 5.69 Å². The lowest BCUT2D eigenvalue weighted by molar-refractivity contribution is -0.146. The van der Waals surface area contributed by atoms with E-state index < -0.39 is 25.9 Å². The van der Waals surface area contributed by atoms with Gasteiger partial charge in [-0.1, -0.05) is 12.1 Å². The molecule has 4 heterocycles. The largest absolute Gasteiger partial charge is 0.491 e. The number of unbranched alkanes of at least 4 members (excludes halogenated alkanes) is 1. The molecule has 2 aliphatic rings. The Morgan fingerprint density at radius 1 is 1.15 bits per heavy atom. The van der Waals surface area contributed by atoms with Crippen LogP contribution in [0, 0.1) is 5.92 Å². The molecule has 4 atom stereocenters. The van der Waals surface area contributed by atoms with E-state index >= 15 is 0 Å². The maximum Gasteiger partial charge on any atom is 0.305 e. The standard InChI is InChI=1S/C32H43N5O8Si/c1-21-29(46(4,5)42)26(13-17-35-20-22(14-18-38)33-34-35)45-32(21)24-19-23(36-16-8-9-27(43-2)30(36)40)11-12-25(24)37(31(32)41)15-7-6-10-28(39)44-3/h8-9,11-12,16,19-21,26,29,38,42H,6-7,10,13-15,17-18H2,1-5H3/t21-,26+,29-,32+/m1/s1. The maximum atomic E-state index is 14.7. The van der Waals surface area contributed by atoms with Crippen molar-refractivity contribution in [2.45, 2.75) is 75.9 Å². The van der Waals surface area contributed by atoms with Gasteiger partial charge in [0.2, 0.25) is 0 Å². The number of methoxy groups -OCH3 is 2. The minimum atomic E-state index is -2.91. The summed E-state index contributed by atoms with van der Waals surface area (Å²) in [6, 6.07) is 8.78. The molecule has 248 valence electrons. The average molecular weight is 654 g/mol. The molecule has 2 aromatic heterocycles. The Hall–Kier alpha value is -3.85. The van der Waals surface area contributed by atoms with Gasteiger partial charge in [-0.2, -0.15) is 0 Å². The Labute approximate surface area is 268 Å². The fourth-order valence-electron chi connectivity index (χ4n) is 7.12. The van der Waals surface area contributed by atoms with Gasteiger partial charge in [0.1, 0.15) is 0 Å². The second-order valence-electron chi connectivity index (χ2n) is 12.5. The summed E-state index contributed by atoms with van der Waals surface area (Å²) in [5.41, 5.74) is 0.513. The molecule has 0 unspecified atom stereocenters. The number of aryl methyl sites for hydroxylation is 1. The van der Waals surface area contributed by atoms with E-state index in [0.717, 1.165) is 0 Å². The number of nitrogens with zero attached hydrogens (tertiary/aromatic N) is 5. The zero-order chi connectivity index (χ0) is 33.2. The minimum Gasteiger partial charge on any atom is -0.491 e. The molecule has 0 bridgehead atoms. The highest BCUT2D eigenvalue weighted by molar-refractivity contribution is 6.71. The average Bonchev–Trinajstić information content (AvgIpc) is 3.67. The first-order valence-electron chi connectivity index (χ1n) is 15.7. The molecule has 1 amide bonds. The number of fused-ring (bicyclic) bond motifs is 2. The first-order chi connectivity index (χ1) is 22.0. The van der Waals surface area contributed by atoms with E-state index in [1.165, 1.54) is 18.8 Å². The summed E-state index contributed by atoms with van der Waals surface area (Å²) >= 11 is 0. The molecule has 1 spiro atoms. The lowest BCUT2D eigenvalue weighted by atomic mass is 9.82. The Morgan fingerprint density at radius 3 is 2.63 bits per heavy atom. The van der Waals surface area contributed by atoms with Crippen molar-refractivity contribution in [2.24, 2.45) is 5.92 Å². The number of aliphatic hydroxyl groups excluding tert-OH is 1. The van der Waals surface area contributed by atoms with Gasteiger partial charge in [-0.15, -0.1) is 5.10 Å². The SMILES string of the molecule is COC(=O)CCCCN1C(=O)[C@@]2(O[C@@H](CCn3cc(CCO)nn3)[C@H]([Si](C)(C)O)[C@H]2C)c2cc(-n3cccc(OC)c3=O)ccc21. The number of hydrogen-bond donors (Lipinski definition) is 2. The zero-order valence-corrected chi connectivity index (χ0v) is 28.0. The van der Waals surface area contributed by atoms with Crippen LogP contribution in [0.2, 0.25) is 18.6 Å². The Morgan fingerprint density at radius 2 is 1.93 bits per heavy atom. The number of esters is 1. The number of aromatic nitrogens is 4. The number of amides is 1. The lowest BCUT2D eigenvalue weighted by Crippen LogP contribution is -2.46. The number of pyridine rings is 1. The fourth-order valence-corrected chi connectivity index (χ4v) is 9.72.